The number of fused-ring (bicyclic) bond motifs is 1. The molecule has 0 aliphatic carbocycles. The predicted octanol–water partition coefficient (Wildman–Crippen LogP) is 2.81. The van der Waals surface area contributed by atoms with Crippen LogP contribution < -0.4 is 10.6 Å². The lowest BCUT2D eigenvalue weighted by molar-refractivity contribution is -0.174. The van der Waals surface area contributed by atoms with Crippen LogP contribution in [0.4, 0.5) is 13.2 Å². The molecule has 3 nitrogen and oxygen atoms in total. The Morgan fingerprint density at radius 3 is 2.52 bits per heavy atom. The summed E-state index contributed by atoms with van der Waals surface area (Å²) >= 11 is 0. The van der Waals surface area contributed by atoms with Gasteiger partial charge in [-0.15, -0.1) is 0 Å². The molecule has 1 atom stereocenters. The highest BCUT2D eigenvalue weighted by Gasteiger charge is 2.40. The SMILES string of the molecule is CC(C)(C)c1ccc2c(c1)CNCC2NC(=O)C(F)(F)F. The fourth-order valence-electron chi connectivity index (χ4n) is 2.40. The molecule has 1 heterocycles. The highest BCUT2D eigenvalue weighted by molar-refractivity contribution is 5.82. The van der Waals surface area contributed by atoms with Gasteiger partial charge in [-0.1, -0.05) is 39.0 Å². The summed E-state index contributed by atoms with van der Waals surface area (Å²) in [5.74, 6) is -1.90. The second-order valence-electron chi connectivity index (χ2n) is 6.32. The van der Waals surface area contributed by atoms with Gasteiger partial charge in [-0.25, -0.2) is 0 Å². The van der Waals surface area contributed by atoms with E-state index in [1.165, 1.54) is 0 Å². The molecule has 0 spiro atoms. The van der Waals surface area contributed by atoms with Crippen LogP contribution in [0.2, 0.25) is 0 Å². The highest BCUT2D eigenvalue weighted by atomic mass is 19.4. The van der Waals surface area contributed by atoms with Crippen molar-refractivity contribution >= 4 is 5.91 Å². The highest BCUT2D eigenvalue weighted by Crippen LogP contribution is 2.29. The molecule has 116 valence electrons. The van der Waals surface area contributed by atoms with Gasteiger partial charge < -0.3 is 10.6 Å². The third-order valence-electron chi connectivity index (χ3n) is 3.61. The Hall–Kier alpha value is -1.56. The van der Waals surface area contributed by atoms with Crippen LogP contribution in [-0.4, -0.2) is 18.6 Å². The monoisotopic (exact) mass is 300 g/mol. The van der Waals surface area contributed by atoms with Crippen LogP contribution in [0.5, 0.6) is 0 Å². The molecular formula is C15H19F3N2O. The van der Waals surface area contributed by atoms with Gasteiger partial charge >= 0.3 is 12.1 Å². The van der Waals surface area contributed by atoms with Gasteiger partial charge in [-0.05, 0) is 22.1 Å². The molecule has 1 unspecified atom stereocenters. The summed E-state index contributed by atoms with van der Waals surface area (Å²) in [4.78, 5) is 11.1. The van der Waals surface area contributed by atoms with E-state index in [0.29, 0.717) is 13.1 Å². The third kappa shape index (κ3) is 3.56. The van der Waals surface area contributed by atoms with Gasteiger partial charge in [0.1, 0.15) is 0 Å². The molecule has 2 N–H and O–H groups in total. The van der Waals surface area contributed by atoms with Crippen LogP contribution in [0.25, 0.3) is 0 Å². The average molecular weight is 300 g/mol. The van der Waals surface area contributed by atoms with Crippen molar-refractivity contribution in [3.8, 4) is 0 Å². The van der Waals surface area contributed by atoms with Crippen LogP contribution in [-0.2, 0) is 16.8 Å². The summed E-state index contributed by atoms with van der Waals surface area (Å²) in [6.45, 7) is 7.12. The minimum Gasteiger partial charge on any atom is -0.340 e. The van der Waals surface area contributed by atoms with Crippen molar-refractivity contribution in [3.05, 3.63) is 34.9 Å². The summed E-state index contributed by atoms with van der Waals surface area (Å²) < 4.78 is 37.1. The number of carbonyl (C=O) groups is 1. The van der Waals surface area contributed by atoms with Crippen molar-refractivity contribution < 1.29 is 18.0 Å². The topological polar surface area (TPSA) is 41.1 Å². The summed E-state index contributed by atoms with van der Waals surface area (Å²) in [6.07, 6.45) is -4.86. The molecule has 0 fully saturated rings. The van der Waals surface area contributed by atoms with E-state index in [0.717, 1.165) is 16.7 Å². The number of hydrogen-bond acceptors (Lipinski definition) is 2. The standard InChI is InChI=1S/C15H19F3N2O/c1-14(2,3)10-4-5-11-9(6-10)7-19-8-12(11)20-13(21)15(16,17)18/h4-6,12,19H,7-8H2,1-3H3,(H,20,21). The number of carbonyl (C=O) groups excluding carboxylic acids is 1. The van der Waals surface area contributed by atoms with Crippen molar-refractivity contribution in [1.82, 2.24) is 10.6 Å². The largest absolute Gasteiger partial charge is 0.471 e. The van der Waals surface area contributed by atoms with E-state index in [9.17, 15) is 18.0 Å². The maximum Gasteiger partial charge on any atom is 0.471 e. The first-order valence-electron chi connectivity index (χ1n) is 6.81. The van der Waals surface area contributed by atoms with Crippen molar-refractivity contribution in [2.75, 3.05) is 6.54 Å². The summed E-state index contributed by atoms with van der Waals surface area (Å²) in [7, 11) is 0. The molecule has 2 rings (SSSR count). The average Bonchev–Trinajstić information content (AvgIpc) is 2.36. The number of benzene rings is 1. The fourth-order valence-corrected chi connectivity index (χ4v) is 2.40. The first-order valence-corrected chi connectivity index (χ1v) is 6.81. The Balaban J connectivity index is 2.26. The lowest BCUT2D eigenvalue weighted by Gasteiger charge is -2.29. The molecular weight excluding hydrogens is 281 g/mol. The Morgan fingerprint density at radius 2 is 1.95 bits per heavy atom. The van der Waals surface area contributed by atoms with Gasteiger partial charge in [0.05, 0.1) is 6.04 Å². The van der Waals surface area contributed by atoms with E-state index in [2.05, 4.69) is 26.1 Å². The van der Waals surface area contributed by atoms with Crippen molar-refractivity contribution in [2.24, 2.45) is 0 Å². The van der Waals surface area contributed by atoms with Gasteiger partial charge in [0.15, 0.2) is 0 Å². The molecule has 1 aliphatic heterocycles. The zero-order chi connectivity index (χ0) is 15.8. The van der Waals surface area contributed by atoms with Crippen molar-refractivity contribution in [3.63, 3.8) is 0 Å². The molecule has 6 heteroatoms. The maximum atomic E-state index is 12.4. The number of amides is 1. The molecule has 0 saturated heterocycles. The molecule has 0 bridgehead atoms. The Kier molecular flexibility index (Phi) is 4.02. The van der Waals surface area contributed by atoms with Crippen molar-refractivity contribution in [2.45, 2.75) is 44.9 Å². The Morgan fingerprint density at radius 1 is 1.29 bits per heavy atom. The lowest BCUT2D eigenvalue weighted by atomic mass is 9.83. The normalized spacial score (nSPS) is 19.0. The first-order chi connectivity index (χ1) is 9.59. The number of rotatable bonds is 1. The van der Waals surface area contributed by atoms with Gasteiger partial charge in [0.25, 0.3) is 0 Å². The number of nitrogens with one attached hydrogen (secondary N) is 2. The minimum absolute atomic E-state index is 0.0306. The van der Waals surface area contributed by atoms with E-state index >= 15 is 0 Å². The van der Waals surface area contributed by atoms with Crippen LogP contribution in [0.15, 0.2) is 18.2 Å². The number of halogens is 3. The second kappa shape index (κ2) is 5.33. The number of hydrogen-bond donors (Lipinski definition) is 2. The van der Waals surface area contributed by atoms with E-state index in [1.54, 1.807) is 0 Å². The quantitative estimate of drug-likeness (QED) is 0.837. The smallest absolute Gasteiger partial charge is 0.340 e. The predicted molar refractivity (Wildman–Crippen MR) is 73.8 cm³/mol. The van der Waals surface area contributed by atoms with Crippen molar-refractivity contribution in [1.29, 1.82) is 0 Å². The van der Waals surface area contributed by atoms with Gasteiger partial charge in [-0.2, -0.15) is 13.2 Å². The van der Waals surface area contributed by atoms with Gasteiger partial charge in [0, 0.05) is 13.1 Å². The Labute approximate surface area is 121 Å². The van der Waals surface area contributed by atoms with Gasteiger partial charge in [-0.3, -0.25) is 4.79 Å². The first kappa shape index (κ1) is 15.8. The molecule has 0 aromatic heterocycles. The summed E-state index contributed by atoms with van der Waals surface area (Å²) in [6, 6.07) is 5.07. The molecule has 1 amide bonds. The fraction of sp³-hybridized carbons (Fsp3) is 0.533. The minimum atomic E-state index is -4.86. The zero-order valence-corrected chi connectivity index (χ0v) is 12.3. The summed E-state index contributed by atoms with van der Waals surface area (Å²) in [5, 5.41) is 5.09. The molecule has 21 heavy (non-hydrogen) atoms. The van der Waals surface area contributed by atoms with Crippen LogP contribution in [0, 0.1) is 0 Å². The van der Waals surface area contributed by atoms with Crippen LogP contribution in [0.1, 0.15) is 43.5 Å². The molecule has 1 aromatic carbocycles. The number of alkyl halides is 3. The maximum absolute atomic E-state index is 12.4. The Bertz CT molecular complexity index is 547. The van der Waals surface area contributed by atoms with E-state index in [1.807, 2.05) is 23.5 Å². The molecule has 1 aromatic rings. The van der Waals surface area contributed by atoms with E-state index in [-0.39, 0.29) is 5.41 Å². The van der Waals surface area contributed by atoms with Crippen LogP contribution >= 0.6 is 0 Å². The third-order valence-corrected chi connectivity index (χ3v) is 3.61. The van der Waals surface area contributed by atoms with E-state index < -0.39 is 18.1 Å². The van der Waals surface area contributed by atoms with Gasteiger partial charge in [0.2, 0.25) is 0 Å². The molecule has 0 radical (unpaired) electrons. The van der Waals surface area contributed by atoms with E-state index in [4.69, 9.17) is 0 Å². The summed E-state index contributed by atoms with van der Waals surface area (Å²) in [5.41, 5.74) is 2.77. The molecule has 0 saturated carbocycles. The second-order valence-corrected chi connectivity index (χ2v) is 6.32. The van der Waals surface area contributed by atoms with Crippen LogP contribution in [0.3, 0.4) is 0 Å². The zero-order valence-electron chi connectivity index (χ0n) is 12.3. The lowest BCUT2D eigenvalue weighted by Crippen LogP contribution is -2.44. The molecule has 1 aliphatic rings.